The predicted octanol–water partition coefficient (Wildman–Crippen LogP) is 3.10. The van der Waals surface area contributed by atoms with Gasteiger partial charge in [-0.1, -0.05) is 30.1 Å². The molecular formula is C11H13Cl2N5. The van der Waals surface area contributed by atoms with E-state index in [0.717, 1.165) is 18.7 Å². The van der Waals surface area contributed by atoms with Crippen molar-refractivity contribution in [2.45, 2.75) is 20.3 Å². The van der Waals surface area contributed by atoms with Crippen LogP contribution >= 0.6 is 23.2 Å². The van der Waals surface area contributed by atoms with Gasteiger partial charge in [-0.3, -0.25) is 0 Å². The highest BCUT2D eigenvalue weighted by molar-refractivity contribution is 6.32. The van der Waals surface area contributed by atoms with Crippen LogP contribution < -0.4 is 5.32 Å². The Hall–Kier alpha value is -1.33. The van der Waals surface area contributed by atoms with Crippen LogP contribution in [0.5, 0.6) is 0 Å². The van der Waals surface area contributed by atoms with E-state index in [2.05, 4.69) is 27.3 Å². The Morgan fingerprint density at radius 3 is 2.72 bits per heavy atom. The van der Waals surface area contributed by atoms with Gasteiger partial charge >= 0.3 is 0 Å². The lowest BCUT2D eigenvalue weighted by Crippen LogP contribution is -2.08. The van der Waals surface area contributed by atoms with Gasteiger partial charge in [0.2, 0.25) is 5.95 Å². The second-order valence-corrected chi connectivity index (χ2v) is 4.61. The van der Waals surface area contributed by atoms with E-state index in [1.54, 1.807) is 17.1 Å². The summed E-state index contributed by atoms with van der Waals surface area (Å²) in [5.74, 6) is 1.04. The number of nitrogens with one attached hydrogen (secondary N) is 1. The minimum Gasteiger partial charge on any atom is -0.354 e. The second-order valence-electron chi connectivity index (χ2n) is 3.80. The average Bonchev–Trinajstić information content (AvgIpc) is 2.68. The summed E-state index contributed by atoms with van der Waals surface area (Å²) in [7, 11) is 0. The number of nitrogens with zero attached hydrogens (tertiary/aromatic N) is 4. The SMILES string of the molecule is CCCNc1ncc(Cl)c(-n2cc(Cl)c(C)n2)n1. The van der Waals surface area contributed by atoms with E-state index in [9.17, 15) is 0 Å². The summed E-state index contributed by atoms with van der Waals surface area (Å²) in [5.41, 5.74) is 0.731. The zero-order chi connectivity index (χ0) is 13.1. The third-order valence-electron chi connectivity index (χ3n) is 2.31. The van der Waals surface area contributed by atoms with Crippen LogP contribution in [0, 0.1) is 6.92 Å². The summed E-state index contributed by atoms with van der Waals surface area (Å²) >= 11 is 12.0. The molecule has 18 heavy (non-hydrogen) atoms. The molecule has 2 heterocycles. The van der Waals surface area contributed by atoms with Gasteiger partial charge in [0.25, 0.3) is 0 Å². The van der Waals surface area contributed by atoms with Crippen LogP contribution in [-0.4, -0.2) is 26.3 Å². The molecule has 0 radical (unpaired) electrons. The van der Waals surface area contributed by atoms with Crippen LogP contribution in [0.4, 0.5) is 5.95 Å². The summed E-state index contributed by atoms with van der Waals surface area (Å²) in [6, 6.07) is 0. The lowest BCUT2D eigenvalue weighted by atomic mass is 10.5. The van der Waals surface area contributed by atoms with Gasteiger partial charge in [0.05, 0.1) is 23.1 Å². The van der Waals surface area contributed by atoms with Crippen molar-refractivity contribution in [1.29, 1.82) is 0 Å². The van der Waals surface area contributed by atoms with Gasteiger partial charge < -0.3 is 5.32 Å². The zero-order valence-electron chi connectivity index (χ0n) is 10.1. The number of rotatable bonds is 4. The maximum absolute atomic E-state index is 6.07. The molecule has 0 atom stereocenters. The lowest BCUT2D eigenvalue weighted by Gasteiger charge is -2.06. The molecule has 5 nitrogen and oxygen atoms in total. The highest BCUT2D eigenvalue weighted by Crippen LogP contribution is 2.21. The van der Waals surface area contributed by atoms with E-state index in [1.807, 2.05) is 6.92 Å². The fraction of sp³-hybridized carbons (Fsp3) is 0.364. The Bertz CT molecular complexity index is 533. The quantitative estimate of drug-likeness (QED) is 0.938. The highest BCUT2D eigenvalue weighted by atomic mass is 35.5. The molecule has 2 rings (SSSR count). The predicted molar refractivity (Wildman–Crippen MR) is 72.7 cm³/mol. The molecule has 1 N–H and O–H groups in total. The van der Waals surface area contributed by atoms with Gasteiger partial charge in [-0.15, -0.1) is 0 Å². The molecule has 0 aliphatic heterocycles. The normalized spacial score (nSPS) is 10.7. The number of aryl methyl sites for hydroxylation is 1. The van der Waals surface area contributed by atoms with Crippen LogP contribution in [0.15, 0.2) is 12.4 Å². The molecule has 0 saturated heterocycles. The molecule has 0 aliphatic carbocycles. The fourth-order valence-corrected chi connectivity index (χ4v) is 1.70. The van der Waals surface area contributed by atoms with Crippen LogP contribution in [0.1, 0.15) is 19.0 Å². The van der Waals surface area contributed by atoms with E-state index < -0.39 is 0 Å². The molecule has 0 saturated carbocycles. The summed E-state index contributed by atoms with van der Waals surface area (Å²) in [6.45, 7) is 4.70. The van der Waals surface area contributed by atoms with Gasteiger partial charge in [-0.25, -0.2) is 9.67 Å². The smallest absolute Gasteiger partial charge is 0.224 e. The molecule has 0 fully saturated rings. The molecule has 0 spiro atoms. The molecule has 2 aromatic rings. The Labute approximate surface area is 115 Å². The lowest BCUT2D eigenvalue weighted by molar-refractivity contribution is 0.824. The first-order chi connectivity index (χ1) is 8.61. The van der Waals surface area contributed by atoms with Crippen molar-refractivity contribution in [2.24, 2.45) is 0 Å². The minimum atomic E-state index is 0.427. The first-order valence-electron chi connectivity index (χ1n) is 5.60. The largest absolute Gasteiger partial charge is 0.354 e. The number of halogens is 2. The van der Waals surface area contributed by atoms with Crippen LogP contribution in [0.25, 0.3) is 5.82 Å². The standard InChI is InChI=1S/C11H13Cl2N5/c1-3-4-14-11-15-5-8(12)10(16-11)18-6-9(13)7(2)17-18/h5-6H,3-4H2,1-2H3,(H,14,15,16). The van der Waals surface area contributed by atoms with Gasteiger partial charge in [0, 0.05) is 6.54 Å². The topological polar surface area (TPSA) is 55.6 Å². The Morgan fingerprint density at radius 1 is 1.33 bits per heavy atom. The van der Waals surface area contributed by atoms with Gasteiger partial charge in [-0.05, 0) is 13.3 Å². The average molecular weight is 286 g/mol. The molecule has 0 aromatic carbocycles. The first-order valence-corrected chi connectivity index (χ1v) is 6.36. The van der Waals surface area contributed by atoms with Crippen LogP contribution in [0.3, 0.4) is 0 Å². The van der Waals surface area contributed by atoms with E-state index >= 15 is 0 Å². The molecule has 7 heteroatoms. The van der Waals surface area contributed by atoms with Crippen LogP contribution in [-0.2, 0) is 0 Å². The molecule has 96 valence electrons. The van der Waals surface area contributed by atoms with E-state index in [1.165, 1.54) is 0 Å². The van der Waals surface area contributed by atoms with E-state index in [0.29, 0.717) is 21.8 Å². The maximum atomic E-state index is 6.07. The van der Waals surface area contributed by atoms with Crippen molar-refractivity contribution in [2.75, 3.05) is 11.9 Å². The summed E-state index contributed by atoms with van der Waals surface area (Å²) in [4.78, 5) is 8.43. The third kappa shape index (κ3) is 2.73. The molecule has 0 aliphatic rings. The molecule has 2 aromatic heterocycles. The third-order valence-corrected chi connectivity index (χ3v) is 2.95. The maximum Gasteiger partial charge on any atom is 0.224 e. The van der Waals surface area contributed by atoms with Gasteiger partial charge in [0.15, 0.2) is 5.82 Å². The van der Waals surface area contributed by atoms with Crippen molar-refractivity contribution in [3.8, 4) is 5.82 Å². The molecule has 0 bridgehead atoms. The number of aromatic nitrogens is 4. The summed E-state index contributed by atoms with van der Waals surface area (Å²) in [5, 5.41) is 8.35. The first kappa shape index (κ1) is 13.1. The van der Waals surface area contributed by atoms with E-state index in [-0.39, 0.29) is 0 Å². The Morgan fingerprint density at radius 2 is 2.11 bits per heavy atom. The zero-order valence-corrected chi connectivity index (χ0v) is 11.6. The Kier molecular flexibility index (Phi) is 4.04. The van der Waals surface area contributed by atoms with Crippen molar-refractivity contribution >= 4 is 29.2 Å². The molecular weight excluding hydrogens is 273 g/mol. The second kappa shape index (κ2) is 5.54. The van der Waals surface area contributed by atoms with Gasteiger partial charge in [0.1, 0.15) is 5.02 Å². The number of anilines is 1. The van der Waals surface area contributed by atoms with Crippen molar-refractivity contribution in [3.05, 3.63) is 28.1 Å². The molecule has 0 unspecified atom stereocenters. The molecule has 0 amide bonds. The monoisotopic (exact) mass is 285 g/mol. The fourth-order valence-electron chi connectivity index (χ4n) is 1.39. The minimum absolute atomic E-state index is 0.427. The number of hydrogen-bond donors (Lipinski definition) is 1. The Balaban J connectivity index is 2.36. The summed E-state index contributed by atoms with van der Waals surface area (Å²) in [6.07, 6.45) is 4.22. The summed E-state index contributed by atoms with van der Waals surface area (Å²) < 4.78 is 1.55. The van der Waals surface area contributed by atoms with Crippen molar-refractivity contribution in [3.63, 3.8) is 0 Å². The van der Waals surface area contributed by atoms with Crippen molar-refractivity contribution < 1.29 is 0 Å². The van der Waals surface area contributed by atoms with Crippen LogP contribution in [0.2, 0.25) is 10.0 Å². The number of hydrogen-bond acceptors (Lipinski definition) is 4. The van der Waals surface area contributed by atoms with Crippen molar-refractivity contribution in [1.82, 2.24) is 19.7 Å². The highest BCUT2D eigenvalue weighted by Gasteiger charge is 2.10. The van der Waals surface area contributed by atoms with E-state index in [4.69, 9.17) is 23.2 Å². The van der Waals surface area contributed by atoms with Gasteiger partial charge in [-0.2, -0.15) is 10.1 Å².